The normalized spacial score (nSPS) is 12.2. The Labute approximate surface area is 139 Å². The van der Waals surface area contributed by atoms with Crippen molar-refractivity contribution in [1.29, 1.82) is 0 Å². The third-order valence-electron chi connectivity index (χ3n) is 3.31. The lowest BCUT2D eigenvalue weighted by Gasteiger charge is -2.15. The molecule has 0 bridgehead atoms. The van der Waals surface area contributed by atoms with E-state index in [4.69, 9.17) is 0 Å². The number of hydrogen-bond donors (Lipinski definition) is 1. The van der Waals surface area contributed by atoms with Crippen molar-refractivity contribution >= 4 is 29.1 Å². The standard InChI is InChI=1S/C16H20N4O2S/c1-10(2)20-9-17-19-16(20)23-12(4)15(22)18-14-8-6-5-7-13(14)11(3)21/h5-10,12H,1-4H3,(H,18,22)/t12-/m1/s1. The second-order valence-electron chi connectivity index (χ2n) is 5.47. The number of amides is 1. The summed E-state index contributed by atoms with van der Waals surface area (Å²) in [5.74, 6) is -0.261. The van der Waals surface area contributed by atoms with Crippen LogP contribution in [0.25, 0.3) is 0 Å². The summed E-state index contributed by atoms with van der Waals surface area (Å²) in [6.07, 6.45) is 1.66. The Bertz CT molecular complexity index is 712. The predicted octanol–water partition coefficient (Wildman–Crippen LogP) is 3.18. The minimum atomic E-state index is -0.364. The summed E-state index contributed by atoms with van der Waals surface area (Å²) >= 11 is 1.34. The number of ketones is 1. The van der Waals surface area contributed by atoms with Gasteiger partial charge in [0, 0.05) is 11.6 Å². The molecule has 0 spiro atoms. The van der Waals surface area contributed by atoms with Gasteiger partial charge in [0.25, 0.3) is 0 Å². The van der Waals surface area contributed by atoms with Crippen LogP contribution in [0.5, 0.6) is 0 Å². The van der Waals surface area contributed by atoms with Crippen LogP contribution < -0.4 is 5.32 Å². The summed E-state index contributed by atoms with van der Waals surface area (Å²) in [5.41, 5.74) is 1.03. The van der Waals surface area contributed by atoms with Gasteiger partial charge in [0.15, 0.2) is 10.9 Å². The third kappa shape index (κ3) is 4.19. The lowest BCUT2D eigenvalue weighted by Crippen LogP contribution is -2.24. The average molecular weight is 332 g/mol. The first kappa shape index (κ1) is 17.2. The Hall–Kier alpha value is -2.15. The first-order chi connectivity index (χ1) is 10.9. The quantitative estimate of drug-likeness (QED) is 0.649. The van der Waals surface area contributed by atoms with Gasteiger partial charge >= 0.3 is 0 Å². The van der Waals surface area contributed by atoms with Crippen molar-refractivity contribution in [2.75, 3.05) is 5.32 Å². The molecular formula is C16H20N4O2S. The second-order valence-corrected chi connectivity index (χ2v) is 6.77. The van der Waals surface area contributed by atoms with Gasteiger partial charge in [0.1, 0.15) is 6.33 Å². The highest BCUT2D eigenvalue weighted by Gasteiger charge is 2.20. The zero-order valence-corrected chi connectivity index (χ0v) is 14.4. The number of rotatable bonds is 6. The van der Waals surface area contributed by atoms with Gasteiger partial charge < -0.3 is 9.88 Å². The van der Waals surface area contributed by atoms with Gasteiger partial charge in [-0.05, 0) is 39.8 Å². The first-order valence-corrected chi connectivity index (χ1v) is 8.25. The number of carbonyl (C=O) groups is 2. The molecular weight excluding hydrogens is 312 g/mol. The fraction of sp³-hybridized carbons (Fsp3) is 0.375. The molecule has 0 saturated heterocycles. The van der Waals surface area contributed by atoms with Gasteiger partial charge in [-0.3, -0.25) is 9.59 Å². The summed E-state index contributed by atoms with van der Waals surface area (Å²) in [6.45, 7) is 7.34. The number of hydrogen-bond acceptors (Lipinski definition) is 5. The van der Waals surface area contributed by atoms with E-state index in [0.29, 0.717) is 16.4 Å². The van der Waals surface area contributed by atoms with Crippen molar-refractivity contribution in [3.63, 3.8) is 0 Å². The molecule has 1 heterocycles. The molecule has 0 saturated carbocycles. The predicted molar refractivity (Wildman–Crippen MR) is 90.8 cm³/mol. The van der Waals surface area contributed by atoms with Gasteiger partial charge in [-0.2, -0.15) is 0 Å². The maximum Gasteiger partial charge on any atom is 0.237 e. The van der Waals surface area contributed by atoms with E-state index in [1.54, 1.807) is 37.5 Å². The summed E-state index contributed by atoms with van der Waals surface area (Å²) in [5, 5.41) is 11.1. The van der Waals surface area contributed by atoms with Crippen LogP contribution in [0.4, 0.5) is 5.69 Å². The highest BCUT2D eigenvalue weighted by Crippen LogP contribution is 2.25. The van der Waals surface area contributed by atoms with Crippen molar-refractivity contribution in [1.82, 2.24) is 14.8 Å². The monoisotopic (exact) mass is 332 g/mol. The maximum absolute atomic E-state index is 12.4. The smallest absolute Gasteiger partial charge is 0.237 e. The van der Waals surface area contributed by atoms with E-state index in [0.717, 1.165) is 0 Å². The van der Waals surface area contributed by atoms with E-state index in [9.17, 15) is 9.59 Å². The topological polar surface area (TPSA) is 76.9 Å². The molecule has 0 fully saturated rings. The van der Waals surface area contributed by atoms with Crippen LogP contribution in [0.1, 0.15) is 44.1 Å². The molecule has 122 valence electrons. The van der Waals surface area contributed by atoms with E-state index in [2.05, 4.69) is 15.5 Å². The Morgan fingerprint density at radius 3 is 2.57 bits per heavy atom. The van der Waals surface area contributed by atoms with Crippen molar-refractivity contribution in [3.8, 4) is 0 Å². The fourth-order valence-corrected chi connectivity index (χ4v) is 2.97. The summed E-state index contributed by atoms with van der Waals surface area (Å²) < 4.78 is 1.91. The summed E-state index contributed by atoms with van der Waals surface area (Å²) in [6, 6.07) is 7.21. The zero-order valence-electron chi connectivity index (χ0n) is 13.6. The lowest BCUT2D eigenvalue weighted by atomic mass is 10.1. The summed E-state index contributed by atoms with van der Waals surface area (Å²) in [7, 11) is 0. The molecule has 2 aromatic rings. The van der Waals surface area contributed by atoms with Gasteiger partial charge in [0.05, 0.1) is 10.9 Å². The molecule has 0 radical (unpaired) electrons. The zero-order chi connectivity index (χ0) is 17.0. The van der Waals surface area contributed by atoms with Gasteiger partial charge in [-0.15, -0.1) is 10.2 Å². The highest BCUT2D eigenvalue weighted by molar-refractivity contribution is 8.00. The van der Waals surface area contributed by atoms with Crippen LogP contribution in [0.15, 0.2) is 35.7 Å². The minimum absolute atomic E-state index is 0.0826. The Balaban J connectivity index is 2.09. The number of para-hydroxylation sites is 1. The molecule has 1 N–H and O–H groups in total. The maximum atomic E-state index is 12.4. The van der Waals surface area contributed by atoms with Gasteiger partial charge in [-0.1, -0.05) is 23.9 Å². The van der Waals surface area contributed by atoms with E-state index >= 15 is 0 Å². The molecule has 0 aliphatic carbocycles. The van der Waals surface area contributed by atoms with Crippen molar-refractivity contribution in [3.05, 3.63) is 36.2 Å². The molecule has 0 aliphatic rings. The van der Waals surface area contributed by atoms with Crippen LogP contribution in [-0.2, 0) is 4.79 Å². The molecule has 6 nitrogen and oxygen atoms in total. The van der Waals surface area contributed by atoms with Crippen LogP contribution in [0.2, 0.25) is 0 Å². The van der Waals surface area contributed by atoms with Crippen LogP contribution >= 0.6 is 11.8 Å². The van der Waals surface area contributed by atoms with Gasteiger partial charge in [0.2, 0.25) is 5.91 Å². The second kappa shape index (κ2) is 7.41. The molecule has 0 unspecified atom stereocenters. The Morgan fingerprint density at radius 1 is 1.22 bits per heavy atom. The number of nitrogens with one attached hydrogen (secondary N) is 1. The van der Waals surface area contributed by atoms with E-state index < -0.39 is 0 Å². The van der Waals surface area contributed by atoms with E-state index in [1.165, 1.54) is 18.7 Å². The highest BCUT2D eigenvalue weighted by atomic mass is 32.2. The molecule has 7 heteroatoms. The number of anilines is 1. The Kier molecular flexibility index (Phi) is 5.54. The van der Waals surface area contributed by atoms with Crippen LogP contribution in [0.3, 0.4) is 0 Å². The molecule has 23 heavy (non-hydrogen) atoms. The number of aromatic nitrogens is 3. The first-order valence-electron chi connectivity index (χ1n) is 7.37. The molecule has 1 aromatic heterocycles. The fourth-order valence-electron chi connectivity index (χ4n) is 2.02. The van der Waals surface area contributed by atoms with Crippen molar-refractivity contribution in [2.45, 2.75) is 44.1 Å². The number of nitrogens with zero attached hydrogens (tertiary/aromatic N) is 3. The van der Waals surface area contributed by atoms with Crippen LogP contribution in [-0.4, -0.2) is 31.7 Å². The average Bonchev–Trinajstić information content (AvgIpc) is 2.95. The van der Waals surface area contributed by atoms with Crippen molar-refractivity contribution < 1.29 is 9.59 Å². The molecule has 2 rings (SSSR count). The number of benzene rings is 1. The summed E-state index contributed by atoms with van der Waals surface area (Å²) in [4.78, 5) is 24.0. The Morgan fingerprint density at radius 2 is 1.91 bits per heavy atom. The molecule has 1 amide bonds. The largest absolute Gasteiger partial charge is 0.324 e. The SMILES string of the molecule is CC(=O)c1ccccc1NC(=O)[C@@H](C)Sc1nncn1C(C)C. The van der Waals surface area contributed by atoms with Crippen molar-refractivity contribution in [2.24, 2.45) is 0 Å². The van der Waals surface area contributed by atoms with Crippen LogP contribution in [0, 0.1) is 0 Å². The number of thioether (sulfide) groups is 1. The van der Waals surface area contributed by atoms with E-state index in [-0.39, 0.29) is 23.0 Å². The molecule has 0 aliphatic heterocycles. The van der Waals surface area contributed by atoms with Gasteiger partial charge in [-0.25, -0.2) is 0 Å². The minimum Gasteiger partial charge on any atom is -0.324 e. The molecule has 1 aromatic carbocycles. The third-order valence-corrected chi connectivity index (χ3v) is 4.38. The number of carbonyl (C=O) groups excluding carboxylic acids is 2. The van der Waals surface area contributed by atoms with E-state index in [1.807, 2.05) is 18.4 Å². The lowest BCUT2D eigenvalue weighted by molar-refractivity contribution is -0.115. The number of Topliss-reactive ketones (excluding diaryl/α,β-unsaturated/α-hetero) is 1. The molecule has 1 atom stereocenters.